The van der Waals surface area contributed by atoms with Gasteiger partial charge in [-0.3, -0.25) is 4.79 Å². The number of nitrogens with one attached hydrogen (secondary N) is 1. The van der Waals surface area contributed by atoms with Gasteiger partial charge in [0, 0.05) is 23.2 Å². The van der Waals surface area contributed by atoms with Gasteiger partial charge in [-0.05, 0) is 55.9 Å². The van der Waals surface area contributed by atoms with Crippen LogP contribution in [0, 0.1) is 5.92 Å². The van der Waals surface area contributed by atoms with E-state index in [9.17, 15) is 13.2 Å². The van der Waals surface area contributed by atoms with Gasteiger partial charge in [0.2, 0.25) is 15.9 Å². The number of nitrogens with zero attached hydrogens (tertiary/aromatic N) is 1. The molecule has 1 aliphatic heterocycles. The van der Waals surface area contributed by atoms with E-state index in [2.05, 4.69) is 35.1 Å². The van der Waals surface area contributed by atoms with Crippen molar-refractivity contribution in [1.82, 2.24) is 4.31 Å². The summed E-state index contributed by atoms with van der Waals surface area (Å²) in [6, 6.07) is 4.06. The number of benzene rings is 1. The summed E-state index contributed by atoms with van der Waals surface area (Å²) in [4.78, 5) is 12.8. The van der Waals surface area contributed by atoms with Crippen LogP contribution in [0.1, 0.15) is 44.7 Å². The zero-order valence-electron chi connectivity index (χ0n) is 15.1. The van der Waals surface area contributed by atoms with Gasteiger partial charge in [0.1, 0.15) is 0 Å². The molecule has 1 atom stereocenters. The van der Waals surface area contributed by atoms with E-state index in [1.165, 1.54) is 4.31 Å². The Morgan fingerprint density at radius 3 is 2.36 bits per heavy atom. The van der Waals surface area contributed by atoms with Crippen LogP contribution in [-0.2, 0) is 27.7 Å². The number of piperidine rings is 1. The molecule has 1 saturated heterocycles. The predicted molar refractivity (Wildman–Crippen MR) is 105 cm³/mol. The highest BCUT2D eigenvalue weighted by atomic mass is 79.9. The summed E-state index contributed by atoms with van der Waals surface area (Å²) < 4.78 is 26.7. The SMILES string of the molecule is CCc1cc(Br)cc(CC)c1NC(=O)[C@H]1CCCN(S(=O)(=O)CC)C1. The zero-order valence-corrected chi connectivity index (χ0v) is 17.5. The van der Waals surface area contributed by atoms with Gasteiger partial charge in [-0.15, -0.1) is 0 Å². The molecule has 0 saturated carbocycles. The molecule has 25 heavy (non-hydrogen) atoms. The van der Waals surface area contributed by atoms with E-state index in [0.29, 0.717) is 6.54 Å². The van der Waals surface area contributed by atoms with Gasteiger partial charge >= 0.3 is 0 Å². The predicted octanol–water partition coefficient (Wildman–Crippen LogP) is 3.57. The molecule has 0 spiro atoms. The van der Waals surface area contributed by atoms with E-state index < -0.39 is 10.0 Å². The maximum atomic E-state index is 12.8. The van der Waals surface area contributed by atoms with Crippen molar-refractivity contribution in [2.24, 2.45) is 5.92 Å². The number of carbonyl (C=O) groups excluding carboxylic acids is 1. The first-order valence-electron chi connectivity index (χ1n) is 8.92. The third kappa shape index (κ3) is 4.83. The average Bonchev–Trinajstić information content (AvgIpc) is 2.62. The van der Waals surface area contributed by atoms with Gasteiger partial charge in [-0.1, -0.05) is 29.8 Å². The molecule has 1 N–H and O–H groups in total. The van der Waals surface area contributed by atoms with Crippen LogP contribution < -0.4 is 5.32 Å². The van der Waals surface area contributed by atoms with Crippen LogP contribution in [0.4, 0.5) is 5.69 Å². The molecular weight excluding hydrogens is 404 g/mol. The largest absolute Gasteiger partial charge is 0.325 e. The second-order valence-electron chi connectivity index (χ2n) is 6.39. The van der Waals surface area contributed by atoms with Crippen molar-refractivity contribution >= 4 is 37.5 Å². The molecule has 0 radical (unpaired) electrons. The molecule has 1 amide bonds. The van der Waals surface area contributed by atoms with Gasteiger partial charge in [0.25, 0.3) is 0 Å². The van der Waals surface area contributed by atoms with Gasteiger partial charge < -0.3 is 5.32 Å². The minimum absolute atomic E-state index is 0.0774. The van der Waals surface area contributed by atoms with Crippen molar-refractivity contribution in [2.45, 2.75) is 46.5 Å². The first-order valence-corrected chi connectivity index (χ1v) is 11.3. The van der Waals surface area contributed by atoms with E-state index in [0.717, 1.165) is 47.0 Å². The molecule has 0 bridgehead atoms. The number of carbonyl (C=O) groups is 1. The Bertz CT molecular complexity index is 709. The summed E-state index contributed by atoms with van der Waals surface area (Å²) in [7, 11) is -3.24. The lowest BCUT2D eigenvalue weighted by atomic mass is 9.97. The van der Waals surface area contributed by atoms with Gasteiger partial charge in [-0.25, -0.2) is 12.7 Å². The molecule has 7 heteroatoms. The lowest BCUT2D eigenvalue weighted by Crippen LogP contribution is -2.44. The Balaban J connectivity index is 2.20. The molecule has 5 nitrogen and oxygen atoms in total. The van der Waals surface area contributed by atoms with E-state index in [4.69, 9.17) is 0 Å². The highest BCUT2D eigenvalue weighted by Crippen LogP contribution is 2.29. The van der Waals surface area contributed by atoms with Crippen LogP contribution in [-0.4, -0.2) is 37.5 Å². The summed E-state index contributed by atoms with van der Waals surface area (Å²) in [6.45, 7) is 6.56. The van der Waals surface area contributed by atoms with E-state index in [1.807, 2.05) is 12.1 Å². The quantitative estimate of drug-likeness (QED) is 0.749. The van der Waals surface area contributed by atoms with Crippen LogP contribution in [0.15, 0.2) is 16.6 Å². The molecule has 1 heterocycles. The number of sulfonamides is 1. The van der Waals surface area contributed by atoms with E-state index in [1.54, 1.807) is 6.92 Å². The number of rotatable bonds is 6. The van der Waals surface area contributed by atoms with Crippen molar-refractivity contribution in [3.8, 4) is 0 Å². The van der Waals surface area contributed by atoms with Crippen LogP contribution in [0.3, 0.4) is 0 Å². The first-order chi connectivity index (χ1) is 11.8. The summed E-state index contributed by atoms with van der Waals surface area (Å²) in [5.74, 6) is -0.301. The van der Waals surface area contributed by atoms with E-state index in [-0.39, 0.29) is 24.1 Å². The molecule has 1 aromatic rings. The third-order valence-corrected chi connectivity index (χ3v) is 7.10. The molecule has 2 rings (SSSR count). The topological polar surface area (TPSA) is 66.5 Å². The lowest BCUT2D eigenvalue weighted by molar-refractivity contribution is -0.120. The third-order valence-electron chi connectivity index (χ3n) is 4.79. The molecule has 1 aliphatic rings. The van der Waals surface area contributed by atoms with Crippen LogP contribution >= 0.6 is 15.9 Å². The van der Waals surface area contributed by atoms with Crippen molar-refractivity contribution in [3.63, 3.8) is 0 Å². The number of hydrogen-bond donors (Lipinski definition) is 1. The fourth-order valence-corrected chi connectivity index (χ4v) is 4.99. The minimum Gasteiger partial charge on any atom is -0.325 e. The Morgan fingerprint density at radius 1 is 1.24 bits per heavy atom. The number of amides is 1. The Labute approximate surface area is 159 Å². The van der Waals surface area contributed by atoms with Crippen LogP contribution in [0.5, 0.6) is 0 Å². The molecule has 1 fully saturated rings. The highest BCUT2D eigenvalue weighted by molar-refractivity contribution is 9.10. The molecule has 0 unspecified atom stereocenters. The van der Waals surface area contributed by atoms with Crippen molar-refractivity contribution in [2.75, 3.05) is 24.2 Å². The first kappa shape index (κ1) is 20.4. The lowest BCUT2D eigenvalue weighted by Gasteiger charge is -2.31. The van der Waals surface area contributed by atoms with Crippen molar-refractivity contribution < 1.29 is 13.2 Å². The fraction of sp³-hybridized carbons (Fsp3) is 0.611. The van der Waals surface area contributed by atoms with Crippen molar-refractivity contribution in [3.05, 3.63) is 27.7 Å². The minimum atomic E-state index is -3.24. The number of hydrogen-bond acceptors (Lipinski definition) is 3. The fourth-order valence-electron chi connectivity index (χ4n) is 3.26. The van der Waals surface area contributed by atoms with Crippen molar-refractivity contribution in [1.29, 1.82) is 0 Å². The number of anilines is 1. The maximum Gasteiger partial charge on any atom is 0.228 e. The number of halogens is 1. The molecule has 0 aliphatic carbocycles. The molecule has 0 aromatic heterocycles. The summed E-state index contributed by atoms with van der Waals surface area (Å²) in [5, 5.41) is 3.09. The van der Waals surface area contributed by atoms with Gasteiger partial charge in [0.05, 0.1) is 11.7 Å². The number of aryl methyl sites for hydroxylation is 2. The van der Waals surface area contributed by atoms with Gasteiger partial charge in [-0.2, -0.15) is 0 Å². The van der Waals surface area contributed by atoms with E-state index >= 15 is 0 Å². The van der Waals surface area contributed by atoms with Gasteiger partial charge in [0.15, 0.2) is 0 Å². The normalized spacial score (nSPS) is 19.0. The van der Waals surface area contributed by atoms with Crippen LogP contribution in [0.25, 0.3) is 0 Å². The Morgan fingerprint density at radius 2 is 1.84 bits per heavy atom. The smallest absolute Gasteiger partial charge is 0.228 e. The Kier molecular flexibility index (Phi) is 7.05. The summed E-state index contributed by atoms with van der Waals surface area (Å²) in [5.41, 5.74) is 3.07. The highest BCUT2D eigenvalue weighted by Gasteiger charge is 2.31. The standard InChI is InChI=1S/C18H27BrN2O3S/c1-4-13-10-16(19)11-14(5-2)17(13)20-18(22)15-8-7-9-21(12-15)25(23,24)6-3/h10-11,15H,4-9,12H2,1-3H3,(H,20,22)/t15-/m0/s1. The second-order valence-corrected chi connectivity index (χ2v) is 9.57. The Hall–Kier alpha value is -0.920. The maximum absolute atomic E-state index is 12.8. The molecule has 1 aromatic carbocycles. The second kappa shape index (κ2) is 8.64. The zero-order chi connectivity index (χ0) is 18.6. The summed E-state index contributed by atoms with van der Waals surface area (Å²) in [6.07, 6.45) is 3.09. The monoisotopic (exact) mass is 430 g/mol. The molecule has 140 valence electrons. The molecular formula is C18H27BrN2O3S. The summed E-state index contributed by atoms with van der Waals surface area (Å²) >= 11 is 3.52. The van der Waals surface area contributed by atoms with Crippen LogP contribution in [0.2, 0.25) is 0 Å². The average molecular weight is 431 g/mol.